The number of benzene rings is 2. The minimum Gasteiger partial charge on any atom is -0.365 e. The van der Waals surface area contributed by atoms with Crippen LogP contribution in [0.25, 0.3) is 0 Å². The van der Waals surface area contributed by atoms with Gasteiger partial charge in [0.15, 0.2) is 0 Å². The average molecular weight is 357 g/mol. The van der Waals surface area contributed by atoms with Crippen molar-refractivity contribution in [1.82, 2.24) is 9.55 Å². The van der Waals surface area contributed by atoms with Gasteiger partial charge in [-0.3, -0.25) is 14.3 Å². The van der Waals surface area contributed by atoms with Crippen LogP contribution in [0.1, 0.15) is 24.1 Å². The molecule has 26 heavy (non-hydrogen) atoms. The Bertz CT molecular complexity index is 977. The number of hydrogen-bond donors (Lipinski definition) is 2. The summed E-state index contributed by atoms with van der Waals surface area (Å²) in [7, 11) is 0. The van der Waals surface area contributed by atoms with Crippen molar-refractivity contribution in [3.05, 3.63) is 98.2 Å². The van der Waals surface area contributed by atoms with E-state index in [2.05, 4.69) is 10.3 Å². The normalized spacial score (nSPS) is 12.0. The summed E-state index contributed by atoms with van der Waals surface area (Å²) in [4.78, 5) is 27.1. The number of nitrogens with one attached hydrogen (secondary N) is 2. The van der Waals surface area contributed by atoms with Crippen LogP contribution in [0.4, 0.5) is 14.6 Å². The van der Waals surface area contributed by atoms with Crippen LogP contribution < -0.4 is 16.6 Å². The van der Waals surface area contributed by atoms with E-state index < -0.39 is 11.2 Å². The largest absolute Gasteiger partial charge is 0.365 e. The number of halogens is 2. The maximum atomic E-state index is 13.0. The summed E-state index contributed by atoms with van der Waals surface area (Å²) in [5.74, 6) is -0.450. The SMILES string of the molecule is C[C@H](Nc1cc(=O)n(Cc2ccc(F)cc2)c(=O)[nH]1)c1ccc(F)cc1. The number of nitrogens with zero attached hydrogens (tertiary/aromatic N) is 1. The van der Waals surface area contributed by atoms with E-state index in [9.17, 15) is 18.4 Å². The van der Waals surface area contributed by atoms with E-state index in [0.29, 0.717) is 5.56 Å². The summed E-state index contributed by atoms with van der Waals surface area (Å²) in [6, 6.07) is 12.6. The molecule has 7 heteroatoms. The Hall–Kier alpha value is -3.22. The summed E-state index contributed by atoms with van der Waals surface area (Å²) < 4.78 is 27.0. The van der Waals surface area contributed by atoms with Crippen molar-refractivity contribution < 1.29 is 8.78 Å². The molecule has 134 valence electrons. The average Bonchev–Trinajstić information content (AvgIpc) is 2.60. The fraction of sp³-hybridized carbons (Fsp3) is 0.158. The zero-order valence-electron chi connectivity index (χ0n) is 14.0. The number of H-pyrrole nitrogens is 1. The molecule has 1 aromatic heterocycles. The molecular weight excluding hydrogens is 340 g/mol. The van der Waals surface area contributed by atoms with Crippen molar-refractivity contribution >= 4 is 5.82 Å². The van der Waals surface area contributed by atoms with Crippen LogP contribution in [0.2, 0.25) is 0 Å². The summed E-state index contributed by atoms with van der Waals surface area (Å²) in [6.45, 7) is 1.87. The van der Waals surface area contributed by atoms with Crippen LogP contribution in [0.15, 0.2) is 64.2 Å². The van der Waals surface area contributed by atoms with Gasteiger partial charge in [0.2, 0.25) is 0 Å². The lowest BCUT2D eigenvalue weighted by Crippen LogP contribution is -2.35. The molecule has 0 fully saturated rings. The zero-order chi connectivity index (χ0) is 18.7. The van der Waals surface area contributed by atoms with Crippen LogP contribution in [-0.2, 0) is 6.54 Å². The van der Waals surface area contributed by atoms with E-state index in [-0.39, 0.29) is 30.0 Å². The van der Waals surface area contributed by atoms with Gasteiger partial charge in [-0.15, -0.1) is 0 Å². The molecule has 3 aromatic rings. The first-order valence-electron chi connectivity index (χ1n) is 8.03. The zero-order valence-corrected chi connectivity index (χ0v) is 14.0. The van der Waals surface area contributed by atoms with E-state index >= 15 is 0 Å². The molecule has 0 amide bonds. The van der Waals surface area contributed by atoms with E-state index in [1.807, 2.05) is 6.92 Å². The van der Waals surface area contributed by atoms with Gasteiger partial charge in [-0.05, 0) is 42.3 Å². The Morgan fingerprint density at radius 3 is 2.15 bits per heavy atom. The van der Waals surface area contributed by atoms with Crippen molar-refractivity contribution in [1.29, 1.82) is 0 Å². The van der Waals surface area contributed by atoms with Gasteiger partial charge in [0, 0.05) is 12.1 Å². The maximum absolute atomic E-state index is 13.0. The molecular formula is C19H17F2N3O2. The Kier molecular flexibility index (Phi) is 4.97. The lowest BCUT2D eigenvalue weighted by Gasteiger charge is -2.16. The second kappa shape index (κ2) is 7.35. The van der Waals surface area contributed by atoms with E-state index in [1.165, 1.54) is 42.5 Å². The Labute approximate surface area is 147 Å². The summed E-state index contributed by atoms with van der Waals surface area (Å²) in [5, 5.41) is 3.02. The molecule has 0 aliphatic rings. The minimum absolute atomic E-state index is 0.0439. The highest BCUT2D eigenvalue weighted by molar-refractivity contribution is 5.36. The van der Waals surface area contributed by atoms with Crippen LogP contribution in [0.3, 0.4) is 0 Å². The second-order valence-corrected chi connectivity index (χ2v) is 5.96. The molecule has 0 radical (unpaired) electrons. The van der Waals surface area contributed by atoms with Gasteiger partial charge in [-0.25, -0.2) is 13.6 Å². The molecule has 0 saturated carbocycles. The van der Waals surface area contributed by atoms with Gasteiger partial charge in [-0.2, -0.15) is 0 Å². The third kappa shape index (κ3) is 4.05. The molecule has 0 aliphatic carbocycles. The molecule has 5 nitrogen and oxygen atoms in total. The summed E-state index contributed by atoms with van der Waals surface area (Å²) in [6.07, 6.45) is 0. The lowest BCUT2D eigenvalue weighted by atomic mass is 10.1. The quantitative estimate of drug-likeness (QED) is 0.738. The molecule has 0 saturated heterocycles. The third-order valence-electron chi connectivity index (χ3n) is 4.02. The third-order valence-corrected chi connectivity index (χ3v) is 4.02. The highest BCUT2D eigenvalue weighted by Crippen LogP contribution is 2.16. The molecule has 0 unspecified atom stereocenters. The predicted molar refractivity (Wildman–Crippen MR) is 95.3 cm³/mol. The Balaban J connectivity index is 1.80. The Morgan fingerprint density at radius 2 is 1.58 bits per heavy atom. The molecule has 2 N–H and O–H groups in total. The predicted octanol–water partition coefficient (Wildman–Crippen LogP) is 3.04. The lowest BCUT2D eigenvalue weighted by molar-refractivity contribution is 0.625. The standard InChI is InChI=1S/C19H17F2N3O2/c1-12(14-4-8-16(21)9-5-14)22-17-10-18(25)24(19(26)23-17)11-13-2-6-15(20)7-3-13/h2-10,12,22H,11H2,1H3,(H,23,26)/t12-/m0/s1. The number of rotatable bonds is 5. The van der Waals surface area contributed by atoms with E-state index in [1.54, 1.807) is 12.1 Å². The van der Waals surface area contributed by atoms with E-state index in [4.69, 9.17) is 0 Å². The number of aromatic amines is 1. The van der Waals surface area contributed by atoms with Gasteiger partial charge in [0.25, 0.3) is 5.56 Å². The minimum atomic E-state index is -0.573. The molecule has 0 bridgehead atoms. The summed E-state index contributed by atoms with van der Waals surface area (Å²) >= 11 is 0. The molecule has 0 aliphatic heterocycles. The molecule has 1 heterocycles. The second-order valence-electron chi connectivity index (χ2n) is 5.96. The van der Waals surface area contributed by atoms with Crippen LogP contribution in [0.5, 0.6) is 0 Å². The summed E-state index contributed by atoms with van der Waals surface area (Å²) in [5.41, 5.74) is 0.393. The monoisotopic (exact) mass is 357 g/mol. The maximum Gasteiger partial charge on any atom is 0.330 e. The van der Waals surface area contributed by atoms with Gasteiger partial charge in [0.05, 0.1) is 6.54 Å². The van der Waals surface area contributed by atoms with Gasteiger partial charge in [0.1, 0.15) is 17.5 Å². The molecule has 0 spiro atoms. The van der Waals surface area contributed by atoms with Crippen molar-refractivity contribution in [2.75, 3.05) is 5.32 Å². The van der Waals surface area contributed by atoms with Crippen molar-refractivity contribution in [2.45, 2.75) is 19.5 Å². The molecule has 1 atom stereocenters. The van der Waals surface area contributed by atoms with Crippen LogP contribution in [0, 0.1) is 11.6 Å². The first kappa shape index (κ1) is 17.6. The smallest absolute Gasteiger partial charge is 0.330 e. The highest BCUT2D eigenvalue weighted by Gasteiger charge is 2.09. The number of aromatic nitrogens is 2. The van der Waals surface area contributed by atoms with E-state index in [0.717, 1.165) is 10.1 Å². The molecule has 2 aromatic carbocycles. The first-order valence-corrected chi connectivity index (χ1v) is 8.03. The van der Waals surface area contributed by atoms with Gasteiger partial charge >= 0.3 is 5.69 Å². The van der Waals surface area contributed by atoms with Crippen molar-refractivity contribution in [2.24, 2.45) is 0 Å². The molecule has 3 rings (SSSR count). The fourth-order valence-electron chi connectivity index (χ4n) is 2.59. The first-order chi connectivity index (χ1) is 12.4. The van der Waals surface area contributed by atoms with Crippen molar-refractivity contribution in [3.8, 4) is 0 Å². The van der Waals surface area contributed by atoms with Gasteiger partial charge in [-0.1, -0.05) is 24.3 Å². The van der Waals surface area contributed by atoms with Crippen LogP contribution in [-0.4, -0.2) is 9.55 Å². The fourth-order valence-corrected chi connectivity index (χ4v) is 2.59. The Morgan fingerprint density at radius 1 is 1.00 bits per heavy atom. The number of hydrogen-bond acceptors (Lipinski definition) is 3. The number of anilines is 1. The van der Waals surface area contributed by atoms with Crippen molar-refractivity contribution in [3.63, 3.8) is 0 Å². The topological polar surface area (TPSA) is 66.9 Å². The highest BCUT2D eigenvalue weighted by atomic mass is 19.1. The van der Waals surface area contributed by atoms with Crippen LogP contribution >= 0.6 is 0 Å². The van der Waals surface area contributed by atoms with Gasteiger partial charge < -0.3 is 5.32 Å².